The third-order valence-electron chi connectivity index (χ3n) is 3.97. The first kappa shape index (κ1) is 15.5. The molecule has 0 spiro atoms. The number of hydrogen-bond acceptors (Lipinski definition) is 3. The number of rotatable bonds is 4. The molecule has 4 nitrogen and oxygen atoms in total. The molecule has 2 unspecified atom stereocenters. The predicted molar refractivity (Wildman–Crippen MR) is 79.0 cm³/mol. The molecular weight excluding hydrogens is 274 g/mol. The first-order valence-electron chi connectivity index (χ1n) is 7.25. The number of aliphatic hydroxyl groups excluding tert-OH is 1. The van der Waals surface area contributed by atoms with E-state index in [1.54, 1.807) is 25.1 Å². The molecule has 1 aliphatic rings. The number of nitrogens with zero attached hydrogens (tertiary/aromatic N) is 1. The molecule has 0 radical (unpaired) electrons. The lowest BCUT2D eigenvalue weighted by Crippen LogP contribution is -2.48. The van der Waals surface area contributed by atoms with Gasteiger partial charge in [0.2, 0.25) is 10.0 Å². The van der Waals surface area contributed by atoms with Crippen molar-refractivity contribution in [1.82, 2.24) is 4.31 Å². The van der Waals surface area contributed by atoms with Gasteiger partial charge < -0.3 is 5.11 Å². The molecule has 1 heterocycles. The van der Waals surface area contributed by atoms with Gasteiger partial charge >= 0.3 is 0 Å². The van der Waals surface area contributed by atoms with Crippen LogP contribution in [-0.4, -0.2) is 36.5 Å². The summed E-state index contributed by atoms with van der Waals surface area (Å²) in [4.78, 5) is 0.337. The molecule has 2 rings (SSSR count). The highest BCUT2D eigenvalue weighted by atomic mass is 32.2. The van der Waals surface area contributed by atoms with Crippen molar-refractivity contribution in [1.29, 1.82) is 0 Å². The van der Waals surface area contributed by atoms with Crippen LogP contribution >= 0.6 is 0 Å². The normalized spacial score (nSPS) is 22.6. The highest BCUT2D eigenvalue weighted by molar-refractivity contribution is 7.89. The van der Waals surface area contributed by atoms with E-state index in [0.29, 0.717) is 11.4 Å². The van der Waals surface area contributed by atoms with E-state index in [9.17, 15) is 13.5 Å². The Morgan fingerprint density at radius 2 is 2.15 bits per heavy atom. The van der Waals surface area contributed by atoms with Crippen molar-refractivity contribution in [3.05, 3.63) is 29.8 Å². The van der Waals surface area contributed by atoms with Crippen molar-refractivity contribution in [2.75, 3.05) is 6.54 Å². The Labute approximate surface area is 121 Å². The van der Waals surface area contributed by atoms with Gasteiger partial charge in [-0.15, -0.1) is 0 Å². The fraction of sp³-hybridized carbons (Fsp3) is 0.600. The SMILES string of the molecule is CCc1cccc(S(=O)(=O)N2CCCCC2C(C)O)c1. The van der Waals surface area contributed by atoms with E-state index in [0.717, 1.165) is 31.2 Å². The molecule has 112 valence electrons. The number of aryl methyl sites for hydroxylation is 1. The molecule has 1 fully saturated rings. The summed E-state index contributed by atoms with van der Waals surface area (Å²) in [5.41, 5.74) is 1.01. The molecule has 0 amide bonds. The van der Waals surface area contributed by atoms with Crippen molar-refractivity contribution in [2.24, 2.45) is 0 Å². The molecule has 0 saturated carbocycles. The van der Waals surface area contributed by atoms with Crippen molar-refractivity contribution >= 4 is 10.0 Å². The standard InChI is InChI=1S/C15H23NO3S/c1-3-13-7-6-8-14(11-13)20(18,19)16-10-5-4-9-15(16)12(2)17/h6-8,11-12,15,17H,3-5,9-10H2,1-2H3. The number of benzene rings is 1. The Hall–Kier alpha value is -0.910. The lowest BCUT2D eigenvalue weighted by molar-refractivity contribution is 0.0831. The van der Waals surface area contributed by atoms with Crippen LogP contribution in [0.2, 0.25) is 0 Å². The lowest BCUT2D eigenvalue weighted by atomic mass is 10.0. The third kappa shape index (κ3) is 3.05. The van der Waals surface area contributed by atoms with Crippen molar-refractivity contribution in [3.8, 4) is 0 Å². The molecule has 20 heavy (non-hydrogen) atoms. The van der Waals surface area contributed by atoms with E-state index < -0.39 is 16.1 Å². The Kier molecular flexibility index (Phi) is 4.83. The van der Waals surface area contributed by atoms with Crippen molar-refractivity contribution in [3.63, 3.8) is 0 Å². The molecule has 2 atom stereocenters. The molecule has 1 aromatic rings. The Balaban J connectivity index is 2.36. The number of sulfonamides is 1. The summed E-state index contributed by atoms with van der Waals surface area (Å²) in [5.74, 6) is 0. The zero-order chi connectivity index (χ0) is 14.8. The number of aliphatic hydroxyl groups is 1. The maximum absolute atomic E-state index is 12.8. The average Bonchev–Trinajstić information content (AvgIpc) is 2.47. The van der Waals surface area contributed by atoms with Gasteiger partial charge in [-0.25, -0.2) is 8.42 Å². The smallest absolute Gasteiger partial charge is 0.243 e. The van der Waals surface area contributed by atoms with E-state index in [2.05, 4.69) is 0 Å². The van der Waals surface area contributed by atoms with E-state index in [-0.39, 0.29) is 6.04 Å². The average molecular weight is 297 g/mol. The number of piperidine rings is 1. The van der Waals surface area contributed by atoms with Gasteiger partial charge in [-0.3, -0.25) is 0 Å². The zero-order valence-corrected chi connectivity index (χ0v) is 12.9. The van der Waals surface area contributed by atoms with Crippen LogP contribution in [0.25, 0.3) is 0 Å². The van der Waals surface area contributed by atoms with Gasteiger partial charge in [-0.05, 0) is 43.9 Å². The van der Waals surface area contributed by atoms with Gasteiger partial charge in [0.05, 0.1) is 17.0 Å². The van der Waals surface area contributed by atoms with E-state index in [4.69, 9.17) is 0 Å². The van der Waals surface area contributed by atoms with Gasteiger partial charge in [0.1, 0.15) is 0 Å². The summed E-state index contributed by atoms with van der Waals surface area (Å²) in [6.07, 6.45) is 2.72. The summed E-state index contributed by atoms with van der Waals surface area (Å²) >= 11 is 0. The summed E-state index contributed by atoms with van der Waals surface area (Å²) in [6, 6.07) is 6.79. The summed E-state index contributed by atoms with van der Waals surface area (Å²) in [6.45, 7) is 4.17. The van der Waals surface area contributed by atoms with Crippen LogP contribution < -0.4 is 0 Å². The second-order valence-corrected chi connectivity index (χ2v) is 7.31. The lowest BCUT2D eigenvalue weighted by Gasteiger charge is -2.36. The number of hydrogen-bond donors (Lipinski definition) is 1. The molecule has 1 aliphatic heterocycles. The van der Waals surface area contributed by atoms with Crippen LogP contribution in [0.3, 0.4) is 0 Å². The van der Waals surface area contributed by atoms with Gasteiger partial charge in [-0.2, -0.15) is 4.31 Å². The Morgan fingerprint density at radius 1 is 1.40 bits per heavy atom. The van der Waals surface area contributed by atoms with Crippen LogP contribution in [0.5, 0.6) is 0 Å². The summed E-state index contributed by atoms with van der Waals surface area (Å²) in [7, 11) is -3.52. The molecular formula is C15H23NO3S. The third-order valence-corrected chi connectivity index (χ3v) is 5.89. The predicted octanol–water partition coefficient (Wildman–Crippen LogP) is 2.17. The first-order chi connectivity index (χ1) is 9.46. The van der Waals surface area contributed by atoms with Crippen LogP contribution in [-0.2, 0) is 16.4 Å². The molecule has 0 aliphatic carbocycles. The van der Waals surface area contributed by atoms with Gasteiger partial charge in [0.25, 0.3) is 0 Å². The molecule has 1 saturated heterocycles. The summed E-state index contributed by atoms with van der Waals surface area (Å²) in [5, 5.41) is 9.85. The molecule has 5 heteroatoms. The minimum atomic E-state index is -3.52. The van der Waals surface area contributed by atoms with Crippen LogP contribution in [0.4, 0.5) is 0 Å². The summed E-state index contributed by atoms with van der Waals surface area (Å²) < 4.78 is 27.1. The topological polar surface area (TPSA) is 57.6 Å². The van der Waals surface area contributed by atoms with Gasteiger partial charge in [-0.1, -0.05) is 25.5 Å². The van der Waals surface area contributed by atoms with Crippen molar-refractivity contribution in [2.45, 2.75) is 56.6 Å². The van der Waals surface area contributed by atoms with Crippen LogP contribution in [0, 0.1) is 0 Å². The molecule has 0 aromatic heterocycles. The van der Waals surface area contributed by atoms with Gasteiger partial charge in [0.15, 0.2) is 0 Å². The maximum atomic E-state index is 12.8. The van der Waals surface area contributed by atoms with E-state index in [1.807, 2.05) is 13.0 Å². The largest absolute Gasteiger partial charge is 0.392 e. The minimum Gasteiger partial charge on any atom is -0.392 e. The monoisotopic (exact) mass is 297 g/mol. The van der Waals surface area contributed by atoms with Crippen molar-refractivity contribution < 1.29 is 13.5 Å². The molecule has 0 bridgehead atoms. The quantitative estimate of drug-likeness (QED) is 0.926. The molecule has 1 N–H and O–H groups in total. The van der Waals surface area contributed by atoms with E-state index >= 15 is 0 Å². The zero-order valence-electron chi connectivity index (χ0n) is 12.1. The van der Waals surface area contributed by atoms with Crippen LogP contribution in [0.1, 0.15) is 38.7 Å². The fourth-order valence-electron chi connectivity index (χ4n) is 2.77. The maximum Gasteiger partial charge on any atom is 0.243 e. The Morgan fingerprint density at radius 3 is 2.80 bits per heavy atom. The second kappa shape index (κ2) is 6.24. The second-order valence-electron chi connectivity index (χ2n) is 5.42. The fourth-order valence-corrected chi connectivity index (χ4v) is 4.60. The highest BCUT2D eigenvalue weighted by Gasteiger charge is 2.35. The van der Waals surface area contributed by atoms with E-state index in [1.165, 1.54) is 4.31 Å². The minimum absolute atomic E-state index is 0.306. The van der Waals surface area contributed by atoms with Crippen LogP contribution in [0.15, 0.2) is 29.2 Å². The molecule has 1 aromatic carbocycles. The first-order valence-corrected chi connectivity index (χ1v) is 8.69. The van der Waals surface area contributed by atoms with Gasteiger partial charge in [0, 0.05) is 6.54 Å². The Bertz CT molecular complexity index is 554. The highest BCUT2D eigenvalue weighted by Crippen LogP contribution is 2.27.